The molecule has 4 bridgehead atoms. The van der Waals surface area contributed by atoms with Crippen LogP contribution in [0.3, 0.4) is 0 Å². The number of aromatic hydroxyl groups is 2. The molecule has 9 aromatic carbocycles. The zero-order valence-corrected chi connectivity index (χ0v) is 22.1. The van der Waals surface area contributed by atoms with Gasteiger partial charge in [0.15, 0.2) is 10.9 Å². The van der Waals surface area contributed by atoms with E-state index in [1.54, 1.807) is 0 Å². The van der Waals surface area contributed by atoms with Gasteiger partial charge in [-0.2, -0.15) is 0 Å². The number of rotatable bonds is 0. The number of benzene rings is 9. The Hall–Kier alpha value is -5.48. The Morgan fingerprint density at radius 2 is 0.667 bits per heavy atom. The van der Waals surface area contributed by atoms with Crippen molar-refractivity contribution in [1.82, 2.24) is 0 Å². The first-order valence-electron chi connectivity index (χ1n) is 14.1. The van der Waals surface area contributed by atoms with Crippen LogP contribution in [-0.4, -0.2) is 10.2 Å². The lowest BCUT2D eigenvalue weighted by Gasteiger charge is -2.42. The van der Waals surface area contributed by atoms with Crippen molar-refractivity contribution in [2.75, 3.05) is 0 Å². The fraction of sp³-hybridized carbons (Fsp3) is 0.0526. The molecule has 0 atom stereocenters. The zero-order chi connectivity index (χ0) is 28.0. The molecule has 0 amide bonds. The van der Waals surface area contributed by atoms with E-state index in [1.807, 2.05) is 72.8 Å². The van der Waals surface area contributed by atoms with E-state index >= 15 is 0 Å². The van der Waals surface area contributed by atoms with Crippen LogP contribution in [0.1, 0.15) is 45.2 Å². The first kappa shape index (κ1) is 22.2. The van der Waals surface area contributed by atoms with Crippen LogP contribution in [-0.2, 0) is 0 Å². The van der Waals surface area contributed by atoms with Gasteiger partial charge in [-0.25, -0.2) is 0 Å². The third-order valence-electron chi connectivity index (χ3n) is 9.93. The van der Waals surface area contributed by atoms with Crippen LogP contribution in [0.4, 0.5) is 0 Å². The highest BCUT2D eigenvalue weighted by Crippen LogP contribution is 2.61. The lowest BCUT2D eigenvalue weighted by atomic mass is 9.60. The molecule has 12 rings (SSSR count). The molecule has 0 aromatic heterocycles. The highest BCUT2D eigenvalue weighted by Gasteiger charge is 2.45. The van der Waals surface area contributed by atoms with Crippen molar-refractivity contribution in [1.29, 1.82) is 0 Å². The summed E-state index contributed by atoms with van der Waals surface area (Å²) in [5.41, 5.74) is 4.38. The maximum Gasteiger partial charge on any atom is 0.199 e. The second-order valence-corrected chi connectivity index (χ2v) is 11.6. The summed E-state index contributed by atoms with van der Waals surface area (Å²) in [4.78, 5) is 29.3. The van der Waals surface area contributed by atoms with Gasteiger partial charge in [0.1, 0.15) is 11.5 Å². The molecule has 9 aromatic rings. The van der Waals surface area contributed by atoms with Crippen molar-refractivity contribution < 1.29 is 10.2 Å². The van der Waals surface area contributed by atoms with E-state index in [9.17, 15) is 19.8 Å². The summed E-state index contributed by atoms with van der Waals surface area (Å²) < 4.78 is 0. The summed E-state index contributed by atoms with van der Waals surface area (Å²) >= 11 is 0. The third kappa shape index (κ3) is 2.28. The van der Waals surface area contributed by atoms with Crippen molar-refractivity contribution in [3.63, 3.8) is 0 Å². The minimum atomic E-state index is -0.422. The summed E-state index contributed by atoms with van der Waals surface area (Å²) in [7, 11) is 0. The molecule has 0 saturated heterocycles. The highest BCUT2D eigenvalue weighted by molar-refractivity contribution is 6.41. The molecular formula is C38H20O4. The molecule has 0 radical (unpaired) electrons. The van der Waals surface area contributed by atoms with Crippen LogP contribution in [0, 0.1) is 0 Å². The Morgan fingerprint density at radius 3 is 0.976 bits per heavy atom. The summed E-state index contributed by atoms with van der Waals surface area (Å²) in [6.07, 6.45) is 0. The first-order chi connectivity index (χ1) is 20.6. The molecule has 0 saturated carbocycles. The van der Waals surface area contributed by atoms with Gasteiger partial charge in [0.2, 0.25) is 0 Å². The molecule has 196 valence electrons. The summed E-state index contributed by atoms with van der Waals surface area (Å²) in [6, 6.07) is 31.8. The Kier molecular flexibility index (Phi) is 3.83. The smallest absolute Gasteiger partial charge is 0.199 e. The Balaban J connectivity index is 1.48. The standard InChI is InChI=1S/C38H20O4/c39-35-29-25-17-9-1-2-10-18(17)26(20-12-4-3-11-19(20)25)30(29)36(40)34-33(35)37(41)31-27-21-13-5-7-15-23(21)28(32(31)38(34)42)24-16-8-6-14-22(24)27/h1-16,25-26,39-40H. The van der Waals surface area contributed by atoms with Gasteiger partial charge in [-0.05, 0) is 43.8 Å². The van der Waals surface area contributed by atoms with Gasteiger partial charge in [-0.15, -0.1) is 0 Å². The molecule has 0 aliphatic heterocycles. The van der Waals surface area contributed by atoms with Crippen LogP contribution in [0.15, 0.2) is 107 Å². The van der Waals surface area contributed by atoms with Crippen molar-refractivity contribution in [3.8, 4) is 11.5 Å². The largest absolute Gasteiger partial charge is 0.507 e. The number of phenols is 2. The minimum absolute atomic E-state index is 0.0897. The van der Waals surface area contributed by atoms with Gasteiger partial charge in [-0.1, -0.05) is 97.1 Å². The molecule has 3 aliphatic rings. The number of phenolic OH excluding ortho intramolecular Hbond substituents is 2. The van der Waals surface area contributed by atoms with Gasteiger partial charge in [0.25, 0.3) is 0 Å². The van der Waals surface area contributed by atoms with Gasteiger partial charge in [-0.3, -0.25) is 9.59 Å². The maximum absolute atomic E-state index is 14.6. The van der Waals surface area contributed by atoms with E-state index in [0.29, 0.717) is 32.7 Å². The topological polar surface area (TPSA) is 74.6 Å². The monoisotopic (exact) mass is 540 g/mol. The van der Waals surface area contributed by atoms with Crippen molar-refractivity contribution in [2.24, 2.45) is 0 Å². The predicted molar refractivity (Wildman–Crippen MR) is 167 cm³/mol. The van der Waals surface area contributed by atoms with Crippen molar-refractivity contribution in [3.05, 3.63) is 151 Å². The van der Waals surface area contributed by atoms with E-state index in [-0.39, 0.29) is 34.1 Å². The molecule has 3 aliphatic carbocycles. The first-order valence-corrected chi connectivity index (χ1v) is 14.1. The molecule has 42 heavy (non-hydrogen) atoms. The summed E-state index contributed by atoms with van der Waals surface area (Å²) in [5.74, 6) is -1.12. The van der Waals surface area contributed by atoms with Crippen LogP contribution < -0.4 is 10.9 Å². The SMILES string of the molecule is O=c1c2c(O)c3c(c(O)c2c(=O)c2c1c1c4ccccc4c2c2ccccc21)C1c2ccccc2C3c2ccccc21. The van der Waals surface area contributed by atoms with Crippen LogP contribution in [0.25, 0.3) is 53.9 Å². The lowest BCUT2D eigenvalue weighted by molar-refractivity contribution is 0.450. The number of hydrogen-bond donors (Lipinski definition) is 2. The predicted octanol–water partition coefficient (Wildman–Crippen LogP) is 7.45. The fourth-order valence-electron chi connectivity index (χ4n) is 8.44. The van der Waals surface area contributed by atoms with Crippen molar-refractivity contribution >= 4 is 53.9 Å². The normalized spacial score (nSPS) is 17.0. The van der Waals surface area contributed by atoms with Gasteiger partial charge in [0.05, 0.1) is 10.8 Å². The molecule has 2 N–H and O–H groups in total. The molecule has 0 fully saturated rings. The van der Waals surface area contributed by atoms with Gasteiger partial charge < -0.3 is 10.2 Å². The molecule has 4 heteroatoms. The second-order valence-electron chi connectivity index (χ2n) is 11.6. The maximum atomic E-state index is 14.6. The average molecular weight is 541 g/mol. The van der Waals surface area contributed by atoms with E-state index < -0.39 is 10.9 Å². The van der Waals surface area contributed by atoms with E-state index in [4.69, 9.17) is 0 Å². The van der Waals surface area contributed by atoms with Gasteiger partial charge >= 0.3 is 0 Å². The Morgan fingerprint density at radius 1 is 0.381 bits per heavy atom. The van der Waals surface area contributed by atoms with Crippen LogP contribution in [0.5, 0.6) is 11.5 Å². The summed E-state index contributed by atoms with van der Waals surface area (Å²) in [5, 5.41) is 29.7. The van der Waals surface area contributed by atoms with E-state index in [1.165, 1.54) is 0 Å². The number of hydrogen-bond acceptors (Lipinski definition) is 4. The second kappa shape index (κ2) is 7.23. The third-order valence-corrected chi connectivity index (χ3v) is 9.93. The quantitative estimate of drug-likeness (QED) is 0.155. The molecule has 0 heterocycles. The molecule has 0 unspecified atom stereocenters. The van der Waals surface area contributed by atoms with E-state index in [0.717, 1.165) is 43.8 Å². The number of fused-ring (bicyclic) bond motifs is 1. The highest BCUT2D eigenvalue weighted by atomic mass is 16.3. The Labute approximate surface area is 238 Å². The molecule has 0 spiro atoms. The van der Waals surface area contributed by atoms with Gasteiger partial charge in [0, 0.05) is 44.5 Å². The molecule has 4 nitrogen and oxygen atoms in total. The van der Waals surface area contributed by atoms with Crippen LogP contribution >= 0.6 is 0 Å². The van der Waals surface area contributed by atoms with Crippen molar-refractivity contribution in [2.45, 2.75) is 11.8 Å². The van der Waals surface area contributed by atoms with Crippen LogP contribution in [0.2, 0.25) is 0 Å². The van der Waals surface area contributed by atoms with E-state index in [2.05, 4.69) is 24.3 Å². The lowest BCUT2D eigenvalue weighted by Crippen LogP contribution is -2.28. The zero-order valence-electron chi connectivity index (χ0n) is 22.1. The Bertz CT molecular complexity index is 2360. The summed E-state index contributed by atoms with van der Waals surface area (Å²) in [6.45, 7) is 0. The minimum Gasteiger partial charge on any atom is -0.507 e. The average Bonchev–Trinajstić information content (AvgIpc) is 3.04. The molecular weight excluding hydrogens is 520 g/mol. The fourth-order valence-corrected chi connectivity index (χ4v) is 8.44.